The van der Waals surface area contributed by atoms with E-state index in [-0.39, 0.29) is 5.91 Å². The highest BCUT2D eigenvalue weighted by Crippen LogP contribution is 2.08. The van der Waals surface area contributed by atoms with Crippen molar-refractivity contribution in [1.82, 2.24) is 5.32 Å². The Bertz CT molecular complexity index is 342. The Hall–Kier alpha value is -1.57. The quantitative estimate of drug-likeness (QED) is 0.725. The summed E-state index contributed by atoms with van der Waals surface area (Å²) in [6, 6.07) is 7.96. The van der Waals surface area contributed by atoms with Crippen LogP contribution in [0.5, 0.6) is 0 Å². The minimum absolute atomic E-state index is 0.0456. The van der Waals surface area contributed by atoms with Crippen LogP contribution in [-0.2, 0) is 4.79 Å². The Morgan fingerprint density at radius 2 is 2.14 bits per heavy atom. The largest absolute Gasteiger partial charge is 0.353 e. The van der Waals surface area contributed by atoms with Gasteiger partial charge in [0.25, 0.3) is 0 Å². The van der Waals surface area contributed by atoms with Crippen LogP contribution in [0.25, 0.3) is 6.08 Å². The van der Waals surface area contributed by atoms with Gasteiger partial charge in [-0.15, -0.1) is 0 Å². The summed E-state index contributed by atoms with van der Waals surface area (Å²) in [5, 5.41) is 2.71. The van der Waals surface area contributed by atoms with Crippen LogP contribution in [0.4, 0.5) is 0 Å². The Kier molecular flexibility index (Phi) is 3.92. The molecule has 0 aliphatic heterocycles. The van der Waals surface area contributed by atoms with Crippen molar-refractivity contribution in [2.75, 3.05) is 6.54 Å². The predicted molar refractivity (Wildman–Crippen MR) is 58.9 cm³/mol. The lowest BCUT2D eigenvalue weighted by molar-refractivity contribution is -0.116. The van der Waals surface area contributed by atoms with Gasteiger partial charge >= 0.3 is 0 Å². The van der Waals surface area contributed by atoms with E-state index in [1.165, 1.54) is 5.56 Å². The molecule has 0 aliphatic rings. The first-order valence-corrected chi connectivity index (χ1v) is 4.75. The standard InChI is InChI=1S/C12H15NO/c1-3-13-12(14)9-8-11-7-5-4-6-10(11)2/h4-9H,3H2,1-2H3,(H,13,14). The Morgan fingerprint density at radius 1 is 1.43 bits per heavy atom. The van der Waals surface area contributed by atoms with E-state index in [0.29, 0.717) is 6.54 Å². The van der Waals surface area contributed by atoms with Gasteiger partial charge in [-0.2, -0.15) is 0 Å². The van der Waals surface area contributed by atoms with Crippen LogP contribution >= 0.6 is 0 Å². The number of benzene rings is 1. The van der Waals surface area contributed by atoms with Gasteiger partial charge in [-0.25, -0.2) is 0 Å². The second-order valence-electron chi connectivity index (χ2n) is 3.08. The van der Waals surface area contributed by atoms with E-state index in [9.17, 15) is 4.79 Å². The molecule has 0 saturated heterocycles. The molecule has 0 aliphatic carbocycles. The fraction of sp³-hybridized carbons (Fsp3) is 0.250. The molecule has 0 aromatic heterocycles. The monoisotopic (exact) mass is 189 g/mol. The van der Waals surface area contributed by atoms with Gasteiger partial charge in [0.05, 0.1) is 0 Å². The number of hydrogen-bond acceptors (Lipinski definition) is 1. The summed E-state index contributed by atoms with van der Waals surface area (Å²) in [5.74, 6) is -0.0456. The van der Waals surface area contributed by atoms with Gasteiger partial charge in [-0.05, 0) is 31.1 Å². The van der Waals surface area contributed by atoms with Crippen molar-refractivity contribution in [3.05, 3.63) is 41.5 Å². The third-order valence-corrected chi connectivity index (χ3v) is 1.95. The number of amides is 1. The average Bonchev–Trinajstić information content (AvgIpc) is 2.17. The maximum absolute atomic E-state index is 11.1. The summed E-state index contributed by atoms with van der Waals surface area (Å²) in [6.45, 7) is 4.59. The molecule has 0 fully saturated rings. The molecule has 14 heavy (non-hydrogen) atoms. The van der Waals surface area contributed by atoms with Crippen molar-refractivity contribution in [3.63, 3.8) is 0 Å². The minimum atomic E-state index is -0.0456. The second-order valence-corrected chi connectivity index (χ2v) is 3.08. The van der Waals surface area contributed by atoms with Crippen LogP contribution in [0.2, 0.25) is 0 Å². The van der Waals surface area contributed by atoms with Crippen molar-refractivity contribution in [2.45, 2.75) is 13.8 Å². The van der Waals surface area contributed by atoms with Crippen LogP contribution in [0, 0.1) is 6.92 Å². The Balaban J connectivity index is 2.69. The van der Waals surface area contributed by atoms with Crippen LogP contribution in [0.15, 0.2) is 30.3 Å². The zero-order valence-electron chi connectivity index (χ0n) is 8.58. The predicted octanol–water partition coefficient (Wildman–Crippen LogP) is 2.14. The second kappa shape index (κ2) is 5.22. The number of carbonyl (C=O) groups is 1. The molecule has 2 heteroatoms. The molecule has 1 aromatic rings. The van der Waals surface area contributed by atoms with Gasteiger partial charge in [0, 0.05) is 12.6 Å². The molecule has 74 valence electrons. The molecule has 0 saturated carbocycles. The van der Waals surface area contributed by atoms with Crippen molar-refractivity contribution < 1.29 is 4.79 Å². The zero-order valence-corrected chi connectivity index (χ0v) is 8.58. The van der Waals surface area contributed by atoms with Crippen molar-refractivity contribution in [2.24, 2.45) is 0 Å². The molecule has 0 spiro atoms. The molecule has 1 amide bonds. The SMILES string of the molecule is CCNC(=O)C=Cc1ccccc1C. The summed E-state index contributed by atoms with van der Waals surface area (Å²) in [7, 11) is 0. The first-order chi connectivity index (χ1) is 6.74. The number of rotatable bonds is 3. The number of hydrogen-bond donors (Lipinski definition) is 1. The van der Waals surface area contributed by atoms with Crippen LogP contribution in [0.1, 0.15) is 18.1 Å². The topological polar surface area (TPSA) is 29.1 Å². The third kappa shape index (κ3) is 3.05. The smallest absolute Gasteiger partial charge is 0.243 e. The van der Waals surface area contributed by atoms with E-state index in [0.717, 1.165) is 5.56 Å². The molecule has 2 nitrogen and oxygen atoms in total. The molecule has 0 atom stereocenters. The van der Waals surface area contributed by atoms with Gasteiger partial charge in [0.1, 0.15) is 0 Å². The van der Waals surface area contributed by atoms with Gasteiger partial charge in [-0.1, -0.05) is 24.3 Å². The van der Waals surface area contributed by atoms with Gasteiger partial charge in [0.15, 0.2) is 0 Å². The molecule has 1 N–H and O–H groups in total. The lowest BCUT2D eigenvalue weighted by Crippen LogP contribution is -2.19. The first-order valence-electron chi connectivity index (χ1n) is 4.75. The number of likely N-dealkylation sites (N-methyl/N-ethyl adjacent to an activating group) is 1. The van der Waals surface area contributed by atoms with Crippen molar-refractivity contribution >= 4 is 12.0 Å². The van der Waals surface area contributed by atoms with Crippen LogP contribution < -0.4 is 5.32 Å². The summed E-state index contributed by atoms with van der Waals surface area (Å²) < 4.78 is 0. The number of aryl methyl sites for hydroxylation is 1. The summed E-state index contributed by atoms with van der Waals surface area (Å²) in [4.78, 5) is 11.1. The zero-order chi connectivity index (χ0) is 10.4. The summed E-state index contributed by atoms with van der Waals surface area (Å²) in [5.41, 5.74) is 2.26. The van der Waals surface area contributed by atoms with E-state index in [4.69, 9.17) is 0 Å². The highest BCUT2D eigenvalue weighted by atomic mass is 16.1. The highest BCUT2D eigenvalue weighted by molar-refractivity contribution is 5.91. The van der Waals surface area contributed by atoms with E-state index >= 15 is 0 Å². The van der Waals surface area contributed by atoms with E-state index in [1.807, 2.05) is 44.2 Å². The molecular formula is C12H15NO. The first kappa shape index (κ1) is 10.5. The lowest BCUT2D eigenvalue weighted by Gasteiger charge is -1.98. The molecule has 1 aromatic carbocycles. The molecule has 1 rings (SSSR count). The maximum atomic E-state index is 11.1. The molecule has 0 radical (unpaired) electrons. The lowest BCUT2D eigenvalue weighted by atomic mass is 10.1. The molecule has 0 heterocycles. The van der Waals surface area contributed by atoms with Crippen LogP contribution in [-0.4, -0.2) is 12.5 Å². The minimum Gasteiger partial charge on any atom is -0.353 e. The van der Waals surface area contributed by atoms with E-state index in [2.05, 4.69) is 5.32 Å². The fourth-order valence-electron chi connectivity index (χ4n) is 1.17. The van der Waals surface area contributed by atoms with Gasteiger partial charge in [0.2, 0.25) is 5.91 Å². The molecular weight excluding hydrogens is 174 g/mol. The normalized spacial score (nSPS) is 10.4. The van der Waals surface area contributed by atoms with Crippen molar-refractivity contribution in [3.8, 4) is 0 Å². The van der Waals surface area contributed by atoms with E-state index < -0.39 is 0 Å². The summed E-state index contributed by atoms with van der Waals surface area (Å²) in [6.07, 6.45) is 3.40. The maximum Gasteiger partial charge on any atom is 0.243 e. The Labute approximate surface area is 84.6 Å². The van der Waals surface area contributed by atoms with Crippen molar-refractivity contribution in [1.29, 1.82) is 0 Å². The fourth-order valence-corrected chi connectivity index (χ4v) is 1.17. The molecule has 0 bridgehead atoms. The molecule has 0 unspecified atom stereocenters. The Morgan fingerprint density at radius 3 is 2.79 bits per heavy atom. The summed E-state index contributed by atoms with van der Waals surface area (Å²) >= 11 is 0. The third-order valence-electron chi connectivity index (χ3n) is 1.95. The van der Waals surface area contributed by atoms with Gasteiger partial charge < -0.3 is 5.32 Å². The number of nitrogens with one attached hydrogen (secondary N) is 1. The number of carbonyl (C=O) groups excluding carboxylic acids is 1. The van der Waals surface area contributed by atoms with Crippen LogP contribution in [0.3, 0.4) is 0 Å². The van der Waals surface area contributed by atoms with E-state index in [1.54, 1.807) is 6.08 Å². The van der Waals surface area contributed by atoms with Gasteiger partial charge in [-0.3, -0.25) is 4.79 Å². The highest BCUT2D eigenvalue weighted by Gasteiger charge is 1.93. The average molecular weight is 189 g/mol.